The molecule has 3 aliphatic rings. The number of fused-ring (bicyclic) bond motifs is 2. The summed E-state index contributed by atoms with van der Waals surface area (Å²) in [5, 5.41) is 25.0. The van der Waals surface area contributed by atoms with Crippen molar-refractivity contribution in [2.75, 3.05) is 12.8 Å². The predicted molar refractivity (Wildman–Crippen MR) is 129 cm³/mol. The number of hydrogen-bond acceptors (Lipinski definition) is 7. The van der Waals surface area contributed by atoms with E-state index in [4.69, 9.17) is 0 Å². The van der Waals surface area contributed by atoms with Crippen LogP contribution in [0.15, 0.2) is 28.2 Å². The fourth-order valence-electron chi connectivity index (χ4n) is 5.51. The van der Waals surface area contributed by atoms with Crippen LogP contribution in [0.25, 0.3) is 4.83 Å². The lowest BCUT2D eigenvalue weighted by Gasteiger charge is -2.46. The third kappa shape index (κ3) is 3.72. The minimum Gasteiger partial charge on any atom is -0.477 e. The Bertz CT molecular complexity index is 1160. The van der Waals surface area contributed by atoms with Crippen LogP contribution in [0.4, 0.5) is 0 Å². The van der Waals surface area contributed by atoms with Gasteiger partial charge in [-0.3, -0.25) is 4.79 Å². The van der Waals surface area contributed by atoms with Gasteiger partial charge in [-0.2, -0.15) is 4.40 Å². The number of rotatable bonds is 7. The highest BCUT2D eigenvalue weighted by Gasteiger charge is 2.60. The Kier molecular flexibility index (Phi) is 6.05. The number of thioether (sulfide) groups is 2. The zero-order chi connectivity index (χ0) is 23.6. The van der Waals surface area contributed by atoms with E-state index in [1.54, 1.807) is 30.4 Å². The Hall–Kier alpha value is -1.53. The topological polar surface area (TPSA) is 98.2 Å². The number of amides is 1. The molecule has 8 nitrogen and oxygen atoms in total. The molecule has 3 aliphatic heterocycles. The molecule has 5 rings (SSSR count). The molecule has 11 heteroatoms. The third-order valence-electron chi connectivity index (χ3n) is 6.97. The van der Waals surface area contributed by atoms with Gasteiger partial charge in [0.2, 0.25) is 10.7 Å². The normalized spacial score (nSPS) is 30.3. The number of carboxylic acid groups (broad SMARTS) is 1. The maximum Gasteiger partial charge on any atom is 0.353 e. The summed E-state index contributed by atoms with van der Waals surface area (Å²) in [6.07, 6.45) is 7.59. The largest absolute Gasteiger partial charge is 0.477 e. The molecule has 1 amide bonds. The van der Waals surface area contributed by atoms with Gasteiger partial charge in [0, 0.05) is 40.0 Å². The van der Waals surface area contributed by atoms with Gasteiger partial charge >= 0.3 is 11.1 Å². The second kappa shape index (κ2) is 8.60. The predicted octanol–water partition coefficient (Wildman–Crippen LogP) is 1.71. The van der Waals surface area contributed by atoms with Gasteiger partial charge in [0.05, 0.1) is 25.1 Å². The number of carboxylic acids is 1. The molecule has 2 aromatic heterocycles. The number of aromatic nitrogens is 2. The molecule has 0 radical (unpaired) electrons. The standard InChI is InChI=1S/C22H28N4O4S3/c1-10-17-16(11(2)27)20(28)26(17)18(21(29)30)19(10)33-13-5-12(23-7-13)6-14-8-25-15(32-14)9-24(3)22(25)31-4/h8-13,16-17,23,27H,5-7H2,1-4H3/p+1/t10-,11-,12+,13+,16-,17-/m1/s1. The highest BCUT2D eigenvalue weighted by molar-refractivity contribution is 8.03. The molecule has 2 aromatic rings. The smallest absolute Gasteiger partial charge is 0.353 e. The number of aliphatic hydroxyl groups excluding tert-OH is 1. The number of hydrogen-bond donors (Lipinski definition) is 3. The van der Waals surface area contributed by atoms with E-state index in [-0.39, 0.29) is 28.8 Å². The first-order chi connectivity index (χ1) is 15.7. The van der Waals surface area contributed by atoms with Gasteiger partial charge in [0.25, 0.3) is 0 Å². The Morgan fingerprint density at radius 2 is 2.21 bits per heavy atom. The third-order valence-corrected chi connectivity index (χ3v) is 10.4. The highest BCUT2D eigenvalue weighted by Crippen LogP contribution is 2.51. The minimum atomic E-state index is -1.06. The number of carbonyl (C=O) groups excluding carboxylic acids is 1. The number of nitrogens with zero attached hydrogens (tertiary/aromatic N) is 3. The van der Waals surface area contributed by atoms with Crippen molar-refractivity contribution in [2.24, 2.45) is 18.9 Å². The molecule has 0 saturated carbocycles. The van der Waals surface area contributed by atoms with Gasteiger partial charge in [-0.15, -0.1) is 11.8 Å². The van der Waals surface area contributed by atoms with Crippen LogP contribution in [-0.2, 0) is 23.1 Å². The van der Waals surface area contributed by atoms with Crippen molar-refractivity contribution in [3.05, 3.63) is 27.9 Å². The molecule has 3 N–H and O–H groups in total. The van der Waals surface area contributed by atoms with Crippen molar-refractivity contribution < 1.29 is 24.4 Å². The van der Waals surface area contributed by atoms with E-state index in [1.807, 2.05) is 18.3 Å². The number of imidazole rings is 1. The Labute approximate surface area is 205 Å². The summed E-state index contributed by atoms with van der Waals surface area (Å²) in [6, 6.07) is 0.0878. The van der Waals surface area contributed by atoms with Crippen molar-refractivity contribution in [1.82, 2.24) is 14.6 Å². The SMILES string of the molecule is CSc1n2cc(C[C@@H]3C[C@H](SC4=C(C(=O)O)N5C(=O)[C@H]([C@@H](C)O)[C@H]5[C@H]4C)CN3)sc2c[n+]1C. The van der Waals surface area contributed by atoms with Gasteiger partial charge < -0.3 is 20.4 Å². The quantitative estimate of drug-likeness (QED) is 0.297. The van der Waals surface area contributed by atoms with Gasteiger partial charge in [-0.1, -0.05) is 18.3 Å². The van der Waals surface area contributed by atoms with Crippen molar-refractivity contribution >= 4 is 51.6 Å². The molecule has 178 valence electrons. The molecule has 0 unspecified atom stereocenters. The van der Waals surface area contributed by atoms with Gasteiger partial charge in [-0.05, 0) is 31.4 Å². The maximum absolute atomic E-state index is 12.5. The summed E-state index contributed by atoms with van der Waals surface area (Å²) in [7, 11) is 2.06. The molecular formula is C22H29N4O4S3+. The van der Waals surface area contributed by atoms with Gasteiger partial charge in [0.1, 0.15) is 18.1 Å². The van der Waals surface area contributed by atoms with Crippen molar-refractivity contribution in [1.29, 1.82) is 0 Å². The first kappa shape index (κ1) is 23.2. The fraction of sp³-hybridized carbons (Fsp3) is 0.591. The van der Waals surface area contributed by atoms with Crippen LogP contribution in [0.1, 0.15) is 25.1 Å². The average molecular weight is 510 g/mol. The number of thiazole rings is 1. The zero-order valence-corrected chi connectivity index (χ0v) is 21.5. The number of nitrogens with one attached hydrogen (secondary N) is 1. The van der Waals surface area contributed by atoms with Crippen LogP contribution < -0.4 is 9.88 Å². The zero-order valence-electron chi connectivity index (χ0n) is 19.0. The summed E-state index contributed by atoms with van der Waals surface area (Å²) in [6.45, 7) is 4.40. The van der Waals surface area contributed by atoms with Crippen LogP contribution in [-0.4, -0.2) is 67.6 Å². The Morgan fingerprint density at radius 3 is 2.88 bits per heavy atom. The van der Waals surface area contributed by atoms with E-state index in [9.17, 15) is 19.8 Å². The summed E-state index contributed by atoms with van der Waals surface area (Å²) >= 11 is 5.15. The van der Waals surface area contributed by atoms with Crippen LogP contribution in [0.5, 0.6) is 0 Å². The van der Waals surface area contributed by atoms with Crippen molar-refractivity contribution in [2.45, 2.75) is 55.3 Å². The molecule has 0 spiro atoms. The monoisotopic (exact) mass is 509 g/mol. The lowest BCUT2D eigenvalue weighted by molar-refractivity contribution is -0.708. The summed E-state index contributed by atoms with van der Waals surface area (Å²) in [4.78, 5) is 29.3. The maximum atomic E-state index is 12.5. The van der Waals surface area contributed by atoms with E-state index >= 15 is 0 Å². The Morgan fingerprint density at radius 1 is 1.45 bits per heavy atom. The number of β-lactam (4-membered cyclic amide) rings is 1. The summed E-state index contributed by atoms with van der Waals surface area (Å²) < 4.78 is 4.39. The lowest BCUT2D eigenvalue weighted by Crippen LogP contribution is -2.63. The van der Waals surface area contributed by atoms with E-state index < -0.39 is 18.0 Å². The summed E-state index contributed by atoms with van der Waals surface area (Å²) in [5.74, 6) is -1.93. The number of aliphatic carboxylic acids is 1. The average Bonchev–Trinajstić information content (AvgIpc) is 3.45. The lowest BCUT2D eigenvalue weighted by atomic mass is 9.79. The molecule has 0 bridgehead atoms. The first-order valence-electron chi connectivity index (χ1n) is 11.1. The van der Waals surface area contributed by atoms with E-state index in [1.165, 1.54) is 19.8 Å². The van der Waals surface area contributed by atoms with Crippen LogP contribution in [0.2, 0.25) is 0 Å². The molecule has 6 atom stereocenters. The summed E-state index contributed by atoms with van der Waals surface area (Å²) in [5.41, 5.74) is 0.119. The van der Waals surface area contributed by atoms with Gasteiger partial charge in [0.15, 0.2) is 0 Å². The van der Waals surface area contributed by atoms with E-state index in [0.29, 0.717) is 6.04 Å². The number of carbonyl (C=O) groups is 2. The van der Waals surface area contributed by atoms with Crippen LogP contribution >= 0.6 is 34.9 Å². The van der Waals surface area contributed by atoms with Crippen LogP contribution in [0.3, 0.4) is 0 Å². The second-order valence-electron chi connectivity index (χ2n) is 9.19. The Balaban J connectivity index is 1.28. The second-order valence-corrected chi connectivity index (χ2v) is 12.5. The number of aryl methyl sites for hydroxylation is 1. The minimum absolute atomic E-state index is 0.0813. The molecule has 2 saturated heterocycles. The molecule has 0 aromatic carbocycles. The molecular weight excluding hydrogens is 480 g/mol. The molecule has 0 aliphatic carbocycles. The van der Waals surface area contributed by atoms with Crippen molar-refractivity contribution in [3.63, 3.8) is 0 Å². The number of aliphatic hydroxyl groups is 1. The fourth-order valence-corrected chi connectivity index (χ4v) is 8.94. The van der Waals surface area contributed by atoms with E-state index in [2.05, 4.69) is 40.0 Å². The van der Waals surface area contributed by atoms with E-state index in [0.717, 1.165) is 24.3 Å². The molecule has 5 heterocycles. The van der Waals surface area contributed by atoms with Crippen LogP contribution in [0, 0.1) is 11.8 Å². The van der Waals surface area contributed by atoms with Gasteiger partial charge in [-0.25, -0.2) is 9.36 Å². The first-order valence-corrected chi connectivity index (χ1v) is 14.0. The highest BCUT2D eigenvalue weighted by atomic mass is 32.2. The molecule has 33 heavy (non-hydrogen) atoms. The molecule has 2 fully saturated rings. The van der Waals surface area contributed by atoms with Crippen molar-refractivity contribution in [3.8, 4) is 0 Å².